The minimum Gasteiger partial charge on any atom is -0.337 e. The first-order chi connectivity index (χ1) is 8.65. The fourth-order valence-corrected chi connectivity index (χ4v) is 2.31. The monoisotopic (exact) mass is 237 g/mol. The van der Waals surface area contributed by atoms with E-state index in [4.69, 9.17) is 0 Å². The van der Waals surface area contributed by atoms with E-state index in [0.717, 1.165) is 12.1 Å². The number of nitrogens with zero attached hydrogens (tertiary/aromatic N) is 1. The molecule has 2 rings (SSSR count). The highest BCUT2D eigenvalue weighted by atomic mass is 15.0. The van der Waals surface area contributed by atoms with Gasteiger partial charge in [0.15, 0.2) is 0 Å². The van der Waals surface area contributed by atoms with Crippen molar-refractivity contribution >= 4 is 17.0 Å². The molecule has 0 saturated carbocycles. The molecule has 0 amide bonds. The lowest BCUT2D eigenvalue weighted by Gasteiger charge is -2.08. The molecule has 2 aromatic rings. The predicted molar refractivity (Wildman–Crippen MR) is 80.7 cm³/mol. The van der Waals surface area contributed by atoms with Crippen molar-refractivity contribution < 1.29 is 0 Å². The summed E-state index contributed by atoms with van der Waals surface area (Å²) in [5.41, 5.74) is 4.97. The molecule has 0 aliphatic heterocycles. The minimum absolute atomic E-state index is 0.852. The van der Waals surface area contributed by atoms with Gasteiger partial charge in [0.1, 0.15) is 0 Å². The average molecular weight is 237 g/mol. The fraction of sp³-hybridized carbons (Fsp3) is 0.176. The maximum absolute atomic E-state index is 4.02. The Hall–Kier alpha value is -2.02. The summed E-state index contributed by atoms with van der Waals surface area (Å²) in [6.07, 6.45) is 5.91. The molecule has 18 heavy (non-hydrogen) atoms. The molecule has 1 nitrogen and oxygen atoms in total. The lowest BCUT2D eigenvalue weighted by molar-refractivity contribution is 0.811. The molecule has 1 heteroatoms. The number of fused-ring (bicyclic) bond motifs is 1. The molecule has 0 aliphatic rings. The van der Waals surface area contributed by atoms with E-state index in [2.05, 4.69) is 61.9 Å². The van der Waals surface area contributed by atoms with Gasteiger partial charge < -0.3 is 4.57 Å². The summed E-state index contributed by atoms with van der Waals surface area (Å²) in [6, 6.07) is 8.50. The summed E-state index contributed by atoms with van der Waals surface area (Å²) in [4.78, 5) is 0. The van der Waals surface area contributed by atoms with E-state index >= 15 is 0 Å². The molecule has 0 N–H and O–H groups in total. The first kappa shape index (κ1) is 12.4. The Kier molecular flexibility index (Phi) is 3.52. The van der Waals surface area contributed by atoms with Gasteiger partial charge in [-0.1, -0.05) is 49.1 Å². The van der Waals surface area contributed by atoms with Crippen molar-refractivity contribution in [3.63, 3.8) is 0 Å². The Bertz CT molecular complexity index is 626. The van der Waals surface area contributed by atoms with Crippen molar-refractivity contribution in [3.8, 4) is 0 Å². The molecule has 0 saturated heterocycles. The standard InChI is InChI=1S/C17H19N/c1-5-6-10-16-14(4)15-9-7-8-11-17(15)18(16)12-13(2)3/h5-11H,1-2,12H2,3-4H3/b10-6-. The van der Waals surface area contributed by atoms with E-state index in [-0.39, 0.29) is 0 Å². The number of aryl methyl sites for hydroxylation is 1. The Morgan fingerprint density at radius 2 is 2.06 bits per heavy atom. The Morgan fingerprint density at radius 3 is 2.72 bits per heavy atom. The molecule has 0 aliphatic carbocycles. The van der Waals surface area contributed by atoms with Crippen molar-refractivity contribution in [3.05, 3.63) is 66.4 Å². The van der Waals surface area contributed by atoms with Crippen LogP contribution in [0.3, 0.4) is 0 Å². The highest BCUT2D eigenvalue weighted by molar-refractivity contribution is 5.88. The minimum atomic E-state index is 0.852. The summed E-state index contributed by atoms with van der Waals surface area (Å²) >= 11 is 0. The average Bonchev–Trinajstić information content (AvgIpc) is 2.61. The zero-order chi connectivity index (χ0) is 13.1. The number of aromatic nitrogens is 1. The maximum Gasteiger partial charge on any atom is 0.0490 e. The van der Waals surface area contributed by atoms with Gasteiger partial charge in [-0.3, -0.25) is 0 Å². The van der Waals surface area contributed by atoms with Crippen molar-refractivity contribution in [2.24, 2.45) is 0 Å². The first-order valence-corrected chi connectivity index (χ1v) is 6.16. The van der Waals surface area contributed by atoms with E-state index in [1.54, 1.807) is 0 Å². The number of para-hydroxylation sites is 1. The van der Waals surface area contributed by atoms with Gasteiger partial charge >= 0.3 is 0 Å². The Labute approximate surface area is 109 Å². The van der Waals surface area contributed by atoms with Crippen LogP contribution < -0.4 is 0 Å². The molecule has 92 valence electrons. The zero-order valence-corrected chi connectivity index (χ0v) is 11.1. The van der Waals surface area contributed by atoms with Crippen molar-refractivity contribution in [2.75, 3.05) is 0 Å². The summed E-state index contributed by atoms with van der Waals surface area (Å²) in [7, 11) is 0. The van der Waals surface area contributed by atoms with Crippen LogP contribution in [-0.2, 0) is 6.54 Å². The normalized spacial score (nSPS) is 11.2. The third-order valence-corrected chi connectivity index (χ3v) is 3.09. The van der Waals surface area contributed by atoms with Crippen molar-refractivity contribution in [1.29, 1.82) is 0 Å². The van der Waals surface area contributed by atoms with E-state index in [0.29, 0.717) is 0 Å². The smallest absolute Gasteiger partial charge is 0.0490 e. The van der Waals surface area contributed by atoms with E-state index in [1.807, 2.05) is 12.2 Å². The fourth-order valence-electron chi connectivity index (χ4n) is 2.31. The number of hydrogen-bond acceptors (Lipinski definition) is 0. The van der Waals surface area contributed by atoms with Gasteiger partial charge in [0.25, 0.3) is 0 Å². The molecule has 1 aromatic carbocycles. The molecule has 0 spiro atoms. The summed E-state index contributed by atoms with van der Waals surface area (Å²) in [5, 5.41) is 1.31. The number of allylic oxidation sites excluding steroid dienone is 3. The molecule has 1 aromatic heterocycles. The molecule has 1 heterocycles. The molecule has 0 fully saturated rings. The summed E-state index contributed by atoms with van der Waals surface area (Å²) in [6.45, 7) is 12.8. The third kappa shape index (κ3) is 2.17. The number of benzene rings is 1. The molecule has 0 radical (unpaired) electrons. The second-order valence-corrected chi connectivity index (χ2v) is 4.67. The van der Waals surface area contributed by atoms with Crippen LogP contribution in [0.15, 0.2) is 55.1 Å². The summed E-state index contributed by atoms with van der Waals surface area (Å²) in [5.74, 6) is 0. The van der Waals surface area contributed by atoms with Gasteiger partial charge in [-0.2, -0.15) is 0 Å². The highest BCUT2D eigenvalue weighted by Crippen LogP contribution is 2.27. The van der Waals surface area contributed by atoms with Crippen LogP contribution in [0.2, 0.25) is 0 Å². The highest BCUT2D eigenvalue weighted by Gasteiger charge is 2.11. The molecular formula is C17H19N. The van der Waals surface area contributed by atoms with Crippen molar-refractivity contribution in [1.82, 2.24) is 4.57 Å². The molecular weight excluding hydrogens is 218 g/mol. The van der Waals surface area contributed by atoms with Crippen LogP contribution in [0.5, 0.6) is 0 Å². The van der Waals surface area contributed by atoms with Gasteiger partial charge in [0.05, 0.1) is 0 Å². The van der Waals surface area contributed by atoms with Gasteiger partial charge in [-0.25, -0.2) is 0 Å². The largest absolute Gasteiger partial charge is 0.337 e. The van der Waals surface area contributed by atoms with E-state index < -0.39 is 0 Å². The maximum atomic E-state index is 4.02. The number of rotatable bonds is 4. The Morgan fingerprint density at radius 1 is 1.33 bits per heavy atom. The van der Waals surface area contributed by atoms with Crippen molar-refractivity contribution in [2.45, 2.75) is 20.4 Å². The summed E-state index contributed by atoms with van der Waals surface area (Å²) < 4.78 is 2.31. The van der Waals surface area contributed by atoms with Crippen LogP contribution in [0, 0.1) is 6.92 Å². The van der Waals surface area contributed by atoms with Crippen LogP contribution in [0.1, 0.15) is 18.2 Å². The first-order valence-electron chi connectivity index (χ1n) is 6.16. The van der Waals surface area contributed by atoms with Crippen LogP contribution in [-0.4, -0.2) is 4.57 Å². The van der Waals surface area contributed by atoms with Crippen LogP contribution in [0.4, 0.5) is 0 Å². The molecule has 0 atom stereocenters. The molecule has 0 bridgehead atoms. The zero-order valence-electron chi connectivity index (χ0n) is 11.1. The quantitative estimate of drug-likeness (QED) is 0.535. The van der Waals surface area contributed by atoms with Crippen LogP contribution >= 0.6 is 0 Å². The van der Waals surface area contributed by atoms with Crippen LogP contribution in [0.25, 0.3) is 17.0 Å². The second-order valence-electron chi connectivity index (χ2n) is 4.67. The topological polar surface area (TPSA) is 4.93 Å². The van der Waals surface area contributed by atoms with E-state index in [9.17, 15) is 0 Å². The van der Waals surface area contributed by atoms with Gasteiger partial charge in [-0.15, -0.1) is 0 Å². The Balaban J connectivity index is 2.72. The second kappa shape index (κ2) is 5.09. The number of hydrogen-bond donors (Lipinski definition) is 0. The lowest BCUT2D eigenvalue weighted by atomic mass is 10.1. The molecule has 0 unspecified atom stereocenters. The van der Waals surface area contributed by atoms with Gasteiger partial charge in [0, 0.05) is 23.1 Å². The third-order valence-electron chi connectivity index (χ3n) is 3.09. The van der Waals surface area contributed by atoms with Gasteiger partial charge in [-0.05, 0) is 31.6 Å². The van der Waals surface area contributed by atoms with E-state index in [1.165, 1.54) is 22.2 Å². The lowest BCUT2D eigenvalue weighted by Crippen LogP contribution is -2.00. The predicted octanol–water partition coefficient (Wildman–Crippen LogP) is 4.73. The van der Waals surface area contributed by atoms with Gasteiger partial charge in [0.2, 0.25) is 0 Å². The SMILES string of the molecule is C=C/C=C\c1c(C)c2ccccc2n1CC(=C)C.